The minimum absolute atomic E-state index is 0.241. The third-order valence-electron chi connectivity index (χ3n) is 12.0. The molecule has 1 aliphatic heterocycles. The van der Waals surface area contributed by atoms with Crippen molar-refractivity contribution in [2.45, 2.75) is 19.3 Å². The second-order valence-corrected chi connectivity index (χ2v) is 15.7. The van der Waals surface area contributed by atoms with E-state index in [1.807, 2.05) is 6.07 Å². The number of hydrogen-bond donors (Lipinski definition) is 0. The van der Waals surface area contributed by atoms with Crippen LogP contribution in [0.1, 0.15) is 25.0 Å². The molecule has 1 aromatic heterocycles. The van der Waals surface area contributed by atoms with Crippen LogP contribution in [-0.4, -0.2) is 0 Å². The van der Waals surface area contributed by atoms with Gasteiger partial charge in [-0.1, -0.05) is 178 Å². The highest BCUT2D eigenvalue weighted by Gasteiger charge is 2.39. The molecule has 0 amide bonds. The average Bonchev–Trinajstić information content (AvgIpc) is 3.67. The van der Waals surface area contributed by atoms with Crippen LogP contribution >= 0.6 is 0 Å². The summed E-state index contributed by atoms with van der Waals surface area (Å²) < 4.78 is 6.82. The van der Waals surface area contributed by atoms with Crippen LogP contribution in [-0.2, 0) is 5.41 Å². The van der Waals surface area contributed by atoms with Crippen molar-refractivity contribution in [3.05, 3.63) is 217 Å². The fraction of sp³-hybridized carbons (Fsp3) is 0.0545. The molecule has 1 aliphatic rings. The van der Waals surface area contributed by atoms with Crippen LogP contribution in [0.25, 0.3) is 55.0 Å². The summed E-state index contributed by atoms with van der Waals surface area (Å²) in [6.07, 6.45) is 0. The topological polar surface area (TPSA) is 19.6 Å². The SMILES string of the molecule is CC1(C)c2ccccc2N(c2c(N(c3ccc(-c4ccccc4)cc3)c3cccc4c3oc3ccccc34)ccc3ccccc23)c2cc(-c3ccccc3)ccc21. The molecule has 0 unspecified atom stereocenters. The fourth-order valence-electron chi connectivity index (χ4n) is 9.18. The summed E-state index contributed by atoms with van der Waals surface area (Å²) in [7, 11) is 0. The first-order valence-corrected chi connectivity index (χ1v) is 20.0. The Balaban J connectivity index is 1.23. The number of fused-ring (bicyclic) bond motifs is 6. The van der Waals surface area contributed by atoms with Gasteiger partial charge in [0.2, 0.25) is 0 Å². The van der Waals surface area contributed by atoms with E-state index in [1.54, 1.807) is 0 Å². The maximum Gasteiger partial charge on any atom is 0.159 e. The van der Waals surface area contributed by atoms with Gasteiger partial charge in [-0.15, -0.1) is 0 Å². The summed E-state index contributed by atoms with van der Waals surface area (Å²) >= 11 is 0. The van der Waals surface area contributed by atoms with Crippen molar-refractivity contribution in [3.63, 3.8) is 0 Å². The molecule has 0 aliphatic carbocycles. The van der Waals surface area contributed by atoms with Crippen molar-refractivity contribution in [1.82, 2.24) is 0 Å². The van der Waals surface area contributed by atoms with Crippen molar-refractivity contribution in [3.8, 4) is 22.3 Å². The summed E-state index contributed by atoms with van der Waals surface area (Å²) in [5, 5.41) is 4.52. The monoisotopic (exact) mass is 744 g/mol. The Morgan fingerprint density at radius 1 is 0.431 bits per heavy atom. The maximum absolute atomic E-state index is 6.82. The van der Waals surface area contributed by atoms with Gasteiger partial charge in [-0.05, 0) is 81.2 Å². The molecular formula is C55H40N2O. The van der Waals surface area contributed by atoms with E-state index in [9.17, 15) is 0 Å². The summed E-state index contributed by atoms with van der Waals surface area (Å²) in [6, 6.07) is 74.5. The molecule has 2 heterocycles. The Kier molecular flexibility index (Phi) is 7.84. The molecule has 0 saturated heterocycles. The minimum Gasteiger partial charge on any atom is -0.454 e. The number of furan rings is 1. The molecule has 10 aromatic rings. The van der Waals surface area contributed by atoms with Crippen molar-refractivity contribution in [2.24, 2.45) is 0 Å². The molecule has 11 rings (SSSR count). The first kappa shape index (κ1) is 33.9. The molecular weight excluding hydrogens is 705 g/mol. The zero-order chi connectivity index (χ0) is 38.8. The lowest BCUT2D eigenvalue weighted by atomic mass is 9.73. The number of hydrogen-bond acceptors (Lipinski definition) is 3. The third-order valence-corrected chi connectivity index (χ3v) is 12.0. The second kappa shape index (κ2) is 13.4. The molecule has 0 radical (unpaired) electrons. The average molecular weight is 745 g/mol. The number of benzene rings is 9. The number of para-hydroxylation sites is 3. The summed E-state index contributed by atoms with van der Waals surface area (Å²) in [5.41, 5.74) is 15.3. The Labute approximate surface area is 338 Å². The van der Waals surface area contributed by atoms with E-state index in [4.69, 9.17) is 4.42 Å². The van der Waals surface area contributed by atoms with Crippen LogP contribution in [0.15, 0.2) is 211 Å². The predicted octanol–water partition coefficient (Wildman–Crippen LogP) is 15.7. The van der Waals surface area contributed by atoms with Gasteiger partial charge in [0.05, 0.1) is 28.4 Å². The molecule has 0 spiro atoms. The van der Waals surface area contributed by atoms with E-state index in [0.29, 0.717) is 0 Å². The number of nitrogens with zero attached hydrogens (tertiary/aromatic N) is 2. The van der Waals surface area contributed by atoms with Gasteiger partial charge in [0.15, 0.2) is 5.58 Å². The molecule has 0 N–H and O–H groups in total. The van der Waals surface area contributed by atoms with Gasteiger partial charge in [-0.25, -0.2) is 0 Å². The van der Waals surface area contributed by atoms with Crippen LogP contribution in [0, 0.1) is 0 Å². The van der Waals surface area contributed by atoms with Crippen molar-refractivity contribution in [2.75, 3.05) is 9.80 Å². The Morgan fingerprint density at radius 2 is 1.03 bits per heavy atom. The summed E-state index contributed by atoms with van der Waals surface area (Å²) in [6.45, 7) is 4.72. The molecule has 9 aromatic carbocycles. The quantitative estimate of drug-likeness (QED) is 0.169. The minimum atomic E-state index is -0.241. The van der Waals surface area contributed by atoms with Gasteiger partial charge in [-0.3, -0.25) is 0 Å². The maximum atomic E-state index is 6.82. The van der Waals surface area contributed by atoms with E-state index in [0.717, 1.165) is 50.1 Å². The molecule has 276 valence electrons. The van der Waals surface area contributed by atoms with Crippen LogP contribution in [0.2, 0.25) is 0 Å². The predicted molar refractivity (Wildman–Crippen MR) is 244 cm³/mol. The molecule has 3 nitrogen and oxygen atoms in total. The molecule has 0 saturated carbocycles. The lowest BCUT2D eigenvalue weighted by molar-refractivity contribution is 0.632. The second-order valence-electron chi connectivity index (χ2n) is 15.7. The Morgan fingerprint density at radius 3 is 1.83 bits per heavy atom. The molecule has 58 heavy (non-hydrogen) atoms. The van der Waals surface area contributed by atoms with Crippen molar-refractivity contribution >= 4 is 66.8 Å². The van der Waals surface area contributed by atoms with E-state index in [1.165, 1.54) is 50.1 Å². The first-order valence-electron chi connectivity index (χ1n) is 20.0. The number of rotatable bonds is 6. The van der Waals surface area contributed by atoms with Crippen molar-refractivity contribution < 1.29 is 4.42 Å². The highest BCUT2D eigenvalue weighted by atomic mass is 16.3. The van der Waals surface area contributed by atoms with Crippen LogP contribution in [0.5, 0.6) is 0 Å². The van der Waals surface area contributed by atoms with Crippen LogP contribution < -0.4 is 9.80 Å². The largest absolute Gasteiger partial charge is 0.454 e. The third kappa shape index (κ3) is 5.35. The Hall–Kier alpha value is -7.36. The van der Waals surface area contributed by atoms with Gasteiger partial charge in [0.25, 0.3) is 0 Å². The van der Waals surface area contributed by atoms with Gasteiger partial charge in [0.1, 0.15) is 5.58 Å². The normalized spacial score (nSPS) is 13.1. The zero-order valence-electron chi connectivity index (χ0n) is 32.4. The highest BCUT2D eigenvalue weighted by molar-refractivity contribution is 6.13. The van der Waals surface area contributed by atoms with Gasteiger partial charge < -0.3 is 14.2 Å². The highest BCUT2D eigenvalue weighted by Crippen LogP contribution is 2.57. The van der Waals surface area contributed by atoms with E-state index in [-0.39, 0.29) is 5.41 Å². The zero-order valence-corrected chi connectivity index (χ0v) is 32.4. The fourth-order valence-corrected chi connectivity index (χ4v) is 9.18. The molecule has 3 heteroatoms. The van der Waals surface area contributed by atoms with Crippen LogP contribution in [0.4, 0.5) is 34.1 Å². The van der Waals surface area contributed by atoms with E-state index < -0.39 is 0 Å². The molecule has 0 bridgehead atoms. The smallest absolute Gasteiger partial charge is 0.159 e. The van der Waals surface area contributed by atoms with E-state index in [2.05, 4.69) is 224 Å². The van der Waals surface area contributed by atoms with Gasteiger partial charge in [0, 0.05) is 27.3 Å². The number of anilines is 6. The van der Waals surface area contributed by atoms with Crippen LogP contribution in [0.3, 0.4) is 0 Å². The summed E-state index contributed by atoms with van der Waals surface area (Å²) in [4.78, 5) is 4.94. The lowest BCUT2D eigenvalue weighted by Crippen LogP contribution is -2.31. The Bertz CT molecular complexity index is 3140. The first-order chi connectivity index (χ1) is 28.5. The van der Waals surface area contributed by atoms with E-state index >= 15 is 0 Å². The molecule has 0 fully saturated rings. The van der Waals surface area contributed by atoms with Gasteiger partial charge >= 0.3 is 0 Å². The molecule has 0 atom stereocenters. The van der Waals surface area contributed by atoms with Gasteiger partial charge in [-0.2, -0.15) is 0 Å². The lowest BCUT2D eigenvalue weighted by Gasteiger charge is -2.44. The summed E-state index contributed by atoms with van der Waals surface area (Å²) in [5.74, 6) is 0. The van der Waals surface area contributed by atoms with Crippen molar-refractivity contribution in [1.29, 1.82) is 0 Å². The standard InChI is InChI=1S/C55H40N2O/c1-55(2)46-24-12-13-25-48(46)57(51-36-41(30-34-47(51)55)38-18-7-4-8-19-38)53-43-21-10-9-20-40(43)31-35-49(53)56(42-32-28-39(29-33-42)37-16-5-3-6-17-37)50-26-15-23-45-44-22-11-14-27-52(44)58-54(45)50/h3-36H,1-2H3.